The third-order valence-electron chi connectivity index (χ3n) is 4.17. The summed E-state index contributed by atoms with van der Waals surface area (Å²) < 4.78 is 1.23. The molecule has 4 heterocycles. The summed E-state index contributed by atoms with van der Waals surface area (Å²) in [5.41, 5.74) is 5.10. The first-order valence-electron chi connectivity index (χ1n) is 7.35. The van der Waals surface area contributed by atoms with E-state index < -0.39 is 0 Å². The van der Waals surface area contributed by atoms with Gasteiger partial charge in [0.05, 0.1) is 0 Å². The Morgan fingerprint density at radius 2 is 2.32 bits per heavy atom. The molecule has 0 atom stereocenters. The van der Waals surface area contributed by atoms with Crippen molar-refractivity contribution in [1.82, 2.24) is 14.9 Å². The second-order valence-corrected chi connectivity index (χ2v) is 7.16. The van der Waals surface area contributed by atoms with Crippen LogP contribution in [0.25, 0.3) is 16.6 Å². The predicted octanol–water partition coefficient (Wildman–Crippen LogP) is 4.68. The number of aromatic nitrogens is 2. The zero-order valence-electron chi connectivity index (χ0n) is 12.1. The van der Waals surface area contributed by atoms with Crippen molar-refractivity contribution in [3.63, 3.8) is 0 Å². The lowest BCUT2D eigenvalue weighted by molar-refractivity contribution is 0.294. The summed E-state index contributed by atoms with van der Waals surface area (Å²) in [6.45, 7) is 3.12. The van der Waals surface area contributed by atoms with Gasteiger partial charge in [-0.3, -0.25) is 4.90 Å². The zero-order chi connectivity index (χ0) is 14.9. The number of aromatic amines is 1. The average Bonchev–Trinajstić information content (AvgIpc) is 3.15. The molecule has 1 aliphatic heterocycles. The number of fused-ring (bicyclic) bond motifs is 1. The molecule has 3 nitrogen and oxygen atoms in total. The standard InChI is InChI=1S/C17H16BrN3S/c18-16-11-22-10-13(16)9-21-6-3-12(4-7-21)15-8-20-17-14(15)2-1-5-19-17/h1-3,5,8,10-11H,4,6-7,9H2,(H,19,20). The first-order chi connectivity index (χ1) is 10.8. The van der Waals surface area contributed by atoms with Crippen LogP contribution in [0.1, 0.15) is 17.5 Å². The van der Waals surface area contributed by atoms with Crippen molar-refractivity contribution in [2.24, 2.45) is 0 Å². The molecule has 0 saturated heterocycles. The third kappa shape index (κ3) is 2.64. The van der Waals surface area contributed by atoms with Crippen LogP contribution in [0, 0.1) is 0 Å². The monoisotopic (exact) mass is 373 g/mol. The Morgan fingerprint density at radius 1 is 1.36 bits per heavy atom. The molecule has 0 amide bonds. The fraction of sp³-hybridized carbons (Fsp3) is 0.235. The van der Waals surface area contributed by atoms with E-state index in [4.69, 9.17) is 0 Å². The number of hydrogen-bond donors (Lipinski definition) is 1. The fourth-order valence-corrected chi connectivity index (χ4v) is 4.40. The van der Waals surface area contributed by atoms with E-state index >= 15 is 0 Å². The molecule has 0 unspecified atom stereocenters. The van der Waals surface area contributed by atoms with Gasteiger partial charge in [-0.2, -0.15) is 11.3 Å². The minimum atomic E-state index is 0.975. The molecule has 3 aromatic rings. The van der Waals surface area contributed by atoms with Gasteiger partial charge in [-0.25, -0.2) is 4.98 Å². The molecule has 0 saturated carbocycles. The topological polar surface area (TPSA) is 31.9 Å². The smallest absolute Gasteiger partial charge is 0.137 e. The summed E-state index contributed by atoms with van der Waals surface area (Å²) in [7, 11) is 0. The lowest BCUT2D eigenvalue weighted by Gasteiger charge is -2.26. The average molecular weight is 374 g/mol. The molecule has 0 fully saturated rings. The highest BCUT2D eigenvalue weighted by Gasteiger charge is 2.16. The summed E-state index contributed by atoms with van der Waals surface area (Å²) in [6, 6.07) is 4.15. The number of hydrogen-bond acceptors (Lipinski definition) is 3. The third-order valence-corrected chi connectivity index (χ3v) is 6.01. The van der Waals surface area contributed by atoms with Gasteiger partial charge in [0.2, 0.25) is 0 Å². The van der Waals surface area contributed by atoms with E-state index in [0.29, 0.717) is 0 Å². The van der Waals surface area contributed by atoms with Crippen LogP contribution in [0.3, 0.4) is 0 Å². The fourth-order valence-electron chi connectivity index (χ4n) is 2.98. The van der Waals surface area contributed by atoms with Gasteiger partial charge in [-0.05, 0) is 51.0 Å². The minimum absolute atomic E-state index is 0.975. The molecule has 0 aromatic carbocycles. The highest BCUT2D eigenvalue weighted by molar-refractivity contribution is 9.10. The van der Waals surface area contributed by atoms with Crippen molar-refractivity contribution in [1.29, 1.82) is 0 Å². The van der Waals surface area contributed by atoms with E-state index in [-0.39, 0.29) is 0 Å². The van der Waals surface area contributed by atoms with Crippen molar-refractivity contribution in [2.45, 2.75) is 13.0 Å². The molecule has 112 valence electrons. The Kier molecular flexibility index (Phi) is 3.86. The number of rotatable bonds is 3. The van der Waals surface area contributed by atoms with Gasteiger partial charge >= 0.3 is 0 Å². The minimum Gasteiger partial charge on any atom is -0.346 e. The van der Waals surface area contributed by atoms with Gasteiger partial charge in [-0.15, -0.1) is 0 Å². The van der Waals surface area contributed by atoms with Gasteiger partial charge in [0.1, 0.15) is 5.65 Å². The van der Waals surface area contributed by atoms with Gasteiger partial charge in [0, 0.05) is 52.8 Å². The number of halogens is 1. The molecule has 3 aromatic heterocycles. The molecular formula is C17H16BrN3S. The van der Waals surface area contributed by atoms with Crippen molar-refractivity contribution >= 4 is 43.9 Å². The Hall–Kier alpha value is -1.43. The maximum atomic E-state index is 4.37. The molecular weight excluding hydrogens is 358 g/mol. The van der Waals surface area contributed by atoms with E-state index in [1.54, 1.807) is 11.3 Å². The molecule has 22 heavy (non-hydrogen) atoms. The lowest BCUT2D eigenvalue weighted by atomic mass is 9.99. The predicted molar refractivity (Wildman–Crippen MR) is 96.0 cm³/mol. The Labute approximate surface area is 141 Å². The molecule has 5 heteroatoms. The van der Waals surface area contributed by atoms with Crippen LogP contribution in [0.4, 0.5) is 0 Å². The van der Waals surface area contributed by atoms with Crippen molar-refractivity contribution in [3.8, 4) is 0 Å². The molecule has 0 radical (unpaired) electrons. The van der Waals surface area contributed by atoms with Gasteiger partial charge < -0.3 is 4.98 Å². The summed E-state index contributed by atoms with van der Waals surface area (Å²) in [6.07, 6.45) is 7.37. The van der Waals surface area contributed by atoms with Crippen molar-refractivity contribution < 1.29 is 0 Å². The van der Waals surface area contributed by atoms with Gasteiger partial charge in [0.15, 0.2) is 0 Å². The number of nitrogens with zero attached hydrogens (tertiary/aromatic N) is 2. The first-order valence-corrected chi connectivity index (χ1v) is 9.09. The highest BCUT2D eigenvalue weighted by Crippen LogP contribution is 2.29. The van der Waals surface area contributed by atoms with Crippen molar-refractivity contribution in [2.75, 3.05) is 13.1 Å². The summed E-state index contributed by atoms with van der Waals surface area (Å²) in [5.74, 6) is 0. The quantitative estimate of drug-likeness (QED) is 0.722. The SMILES string of the molecule is Brc1cscc1CN1CC=C(c2c[nH]c3ncccc23)CC1. The van der Waals surface area contributed by atoms with Gasteiger partial charge in [-0.1, -0.05) is 6.08 Å². The summed E-state index contributed by atoms with van der Waals surface area (Å²) >= 11 is 5.38. The Bertz CT molecular complexity index is 833. The van der Waals surface area contributed by atoms with Crippen LogP contribution >= 0.6 is 27.3 Å². The molecule has 1 N–H and O–H groups in total. The molecule has 0 aliphatic carbocycles. The second kappa shape index (κ2) is 5.99. The normalized spacial score (nSPS) is 16.1. The van der Waals surface area contributed by atoms with Crippen LogP contribution in [-0.2, 0) is 6.54 Å². The van der Waals surface area contributed by atoms with E-state index in [1.807, 2.05) is 12.3 Å². The number of pyridine rings is 1. The number of nitrogens with one attached hydrogen (secondary N) is 1. The molecule has 4 rings (SSSR count). The number of thiophene rings is 1. The maximum Gasteiger partial charge on any atom is 0.137 e. The second-order valence-electron chi connectivity index (χ2n) is 5.56. The van der Waals surface area contributed by atoms with Crippen LogP contribution < -0.4 is 0 Å². The summed E-state index contributed by atoms with van der Waals surface area (Å²) in [4.78, 5) is 10.1. The highest BCUT2D eigenvalue weighted by atomic mass is 79.9. The van der Waals surface area contributed by atoms with Crippen LogP contribution in [0.15, 0.2) is 45.8 Å². The molecule has 0 bridgehead atoms. The van der Waals surface area contributed by atoms with E-state index in [1.165, 1.54) is 26.6 Å². The Balaban J connectivity index is 1.53. The lowest BCUT2D eigenvalue weighted by Crippen LogP contribution is -2.27. The van der Waals surface area contributed by atoms with Crippen LogP contribution in [0.2, 0.25) is 0 Å². The van der Waals surface area contributed by atoms with Crippen molar-refractivity contribution in [3.05, 3.63) is 57.0 Å². The number of H-pyrrole nitrogens is 1. The molecule has 0 spiro atoms. The Morgan fingerprint density at radius 3 is 3.09 bits per heavy atom. The van der Waals surface area contributed by atoms with E-state index in [0.717, 1.165) is 31.7 Å². The molecule has 1 aliphatic rings. The zero-order valence-corrected chi connectivity index (χ0v) is 14.5. The van der Waals surface area contributed by atoms with E-state index in [2.05, 4.69) is 59.9 Å². The van der Waals surface area contributed by atoms with Gasteiger partial charge in [0.25, 0.3) is 0 Å². The van der Waals surface area contributed by atoms with Crippen LogP contribution in [0.5, 0.6) is 0 Å². The maximum absolute atomic E-state index is 4.37. The van der Waals surface area contributed by atoms with Crippen LogP contribution in [-0.4, -0.2) is 28.0 Å². The summed E-state index contributed by atoms with van der Waals surface area (Å²) in [5, 5.41) is 5.61. The first kappa shape index (κ1) is 14.2. The van der Waals surface area contributed by atoms with E-state index in [9.17, 15) is 0 Å². The largest absolute Gasteiger partial charge is 0.346 e.